The third-order valence-corrected chi connectivity index (χ3v) is 6.38. The van der Waals surface area contributed by atoms with Crippen LogP contribution in [0.3, 0.4) is 0 Å². The smallest absolute Gasteiger partial charge is 0.265 e. The van der Waals surface area contributed by atoms with Crippen molar-refractivity contribution in [2.24, 2.45) is 0 Å². The van der Waals surface area contributed by atoms with Crippen LogP contribution < -0.4 is 4.90 Å². The quantitative estimate of drug-likeness (QED) is 0.536. The molecule has 0 saturated heterocycles. The van der Waals surface area contributed by atoms with Crippen LogP contribution in [0.1, 0.15) is 34.0 Å². The van der Waals surface area contributed by atoms with Crippen LogP contribution in [0, 0.1) is 0 Å². The van der Waals surface area contributed by atoms with Crippen molar-refractivity contribution >= 4 is 40.6 Å². The van der Waals surface area contributed by atoms with Gasteiger partial charge in [-0.1, -0.05) is 66.7 Å². The predicted molar refractivity (Wildman–Crippen MR) is 123 cm³/mol. The van der Waals surface area contributed by atoms with Crippen molar-refractivity contribution < 1.29 is 14.4 Å². The molecule has 0 radical (unpaired) electrons. The maximum absolute atomic E-state index is 14.2. The van der Waals surface area contributed by atoms with Crippen LogP contribution in [0.2, 0.25) is 5.02 Å². The van der Waals surface area contributed by atoms with E-state index in [1.165, 1.54) is 16.7 Å². The zero-order chi connectivity index (χ0) is 22.6. The maximum atomic E-state index is 14.2. The van der Waals surface area contributed by atoms with Crippen molar-refractivity contribution in [1.82, 2.24) is 4.90 Å². The van der Waals surface area contributed by atoms with Crippen LogP contribution in [0.15, 0.2) is 79.4 Å². The van der Waals surface area contributed by atoms with E-state index in [4.69, 9.17) is 11.6 Å². The minimum absolute atomic E-state index is 0.0810. The lowest BCUT2D eigenvalue weighted by molar-refractivity contribution is -0.135. The summed E-state index contributed by atoms with van der Waals surface area (Å²) in [7, 11) is 0. The number of benzene rings is 3. The minimum Gasteiger partial charge on any atom is -0.288 e. The van der Waals surface area contributed by atoms with Crippen LogP contribution in [0.5, 0.6) is 0 Å². The number of carbonyl (C=O) groups excluding carboxylic acids is 3. The first-order chi connectivity index (χ1) is 15.4. The topological polar surface area (TPSA) is 57.7 Å². The van der Waals surface area contributed by atoms with Crippen LogP contribution in [-0.4, -0.2) is 22.6 Å². The molecule has 0 N–H and O–H groups in total. The number of halogens is 1. The average Bonchev–Trinajstić information content (AvgIpc) is 3.06. The van der Waals surface area contributed by atoms with E-state index in [2.05, 4.69) is 6.58 Å². The van der Waals surface area contributed by atoms with Gasteiger partial charge in [-0.15, -0.1) is 0 Å². The second-order valence-corrected chi connectivity index (χ2v) is 8.37. The molecular weight excluding hydrogens is 424 g/mol. The lowest BCUT2D eigenvalue weighted by Crippen LogP contribution is -2.61. The van der Waals surface area contributed by atoms with Gasteiger partial charge in [0.15, 0.2) is 5.54 Å². The number of hydrogen-bond acceptors (Lipinski definition) is 3. The summed E-state index contributed by atoms with van der Waals surface area (Å²) in [4.78, 5) is 43.4. The minimum atomic E-state index is -1.58. The molecule has 5 nitrogen and oxygen atoms in total. The number of amides is 3. The molecule has 3 aromatic carbocycles. The third-order valence-electron chi connectivity index (χ3n) is 6.14. The fourth-order valence-electron chi connectivity index (χ4n) is 4.81. The Labute approximate surface area is 190 Å². The molecule has 2 aliphatic heterocycles. The largest absolute Gasteiger partial charge is 0.288 e. The molecule has 0 saturated carbocycles. The summed E-state index contributed by atoms with van der Waals surface area (Å²) in [5.41, 5.74) is 1.64. The molecule has 3 amide bonds. The van der Waals surface area contributed by atoms with Gasteiger partial charge in [0.1, 0.15) is 0 Å². The average molecular weight is 443 g/mol. The lowest BCUT2D eigenvalue weighted by Gasteiger charge is -2.45. The number of anilines is 1. The second kappa shape index (κ2) is 7.18. The second-order valence-electron chi connectivity index (χ2n) is 7.93. The molecule has 5 rings (SSSR count). The van der Waals surface area contributed by atoms with E-state index in [1.54, 1.807) is 30.3 Å². The van der Waals surface area contributed by atoms with Gasteiger partial charge in [0.2, 0.25) is 5.91 Å². The molecule has 1 spiro atoms. The van der Waals surface area contributed by atoms with E-state index in [1.807, 2.05) is 42.5 Å². The van der Waals surface area contributed by atoms with Crippen LogP contribution in [-0.2, 0) is 21.7 Å². The van der Waals surface area contributed by atoms with Crippen molar-refractivity contribution in [3.63, 3.8) is 0 Å². The highest BCUT2D eigenvalue weighted by molar-refractivity contribution is 6.31. The van der Waals surface area contributed by atoms with Gasteiger partial charge in [-0.25, -0.2) is 0 Å². The number of nitrogens with zero attached hydrogens (tertiary/aromatic N) is 2. The summed E-state index contributed by atoms with van der Waals surface area (Å²) < 4.78 is 0. The molecule has 2 aliphatic rings. The van der Waals surface area contributed by atoms with Gasteiger partial charge in [-0.3, -0.25) is 24.2 Å². The standard InChI is InChI=1S/C26H19ClN2O3/c1-16-20-10-6-7-11-23(20)29(17(2)30)26(16)22-14-19(27)12-13-21(22)24(31)28(25(26)32)15-18-8-4-3-5-9-18/h3-14H,1,15H2,2H3. The van der Waals surface area contributed by atoms with E-state index < -0.39 is 17.4 Å². The first-order valence-corrected chi connectivity index (χ1v) is 10.5. The van der Waals surface area contributed by atoms with Crippen LogP contribution in [0.25, 0.3) is 5.57 Å². The summed E-state index contributed by atoms with van der Waals surface area (Å²) >= 11 is 6.32. The Morgan fingerprint density at radius 3 is 2.38 bits per heavy atom. The third kappa shape index (κ3) is 2.61. The molecular formula is C26H19ClN2O3. The van der Waals surface area contributed by atoms with Gasteiger partial charge < -0.3 is 0 Å². The van der Waals surface area contributed by atoms with Gasteiger partial charge in [0.25, 0.3) is 11.8 Å². The Hall–Kier alpha value is -3.70. The fraction of sp³-hybridized carbons (Fsp3) is 0.115. The Morgan fingerprint density at radius 2 is 1.66 bits per heavy atom. The summed E-state index contributed by atoms with van der Waals surface area (Å²) in [5, 5.41) is 0.368. The fourth-order valence-corrected chi connectivity index (χ4v) is 4.98. The summed E-state index contributed by atoms with van der Waals surface area (Å²) in [6.07, 6.45) is 0. The Morgan fingerprint density at radius 1 is 0.969 bits per heavy atom. The number of para-hydroxylation sites is 1. The zero-order valence-electron chi connectivity index (χ0n) is 17.3. The summed E-state index contributed by atoms with van der Waals surface area (Å²) in [6.45, 7) is 5.75. The van der Waals surface area contributed by atoms with E-state index in [0.717, 1.165) is 5.56 Å². The normalized spacial score (nSPS) is 19.4. The maximum Gasteiger partial charge on any atom is 0.265 e. The van der Waals surface area contributed by atoms with Crippen molar-refractivity contribution in [2.45, 2.75) is 19.0 Å². The van der Waals surface area contributed by atoms with E-state index in [-0.39, 0.29) is 12.5 Å². The Kier molecular flexibility index (Phi) is 4.53. The van der Waals surface area contributed by atoms with Crippen LogP contribution in [0.4, 0.5) is 5.69 Å². The first kappa shape index (κ1) is 20.2. The van der Waals surface area contributed by atoms with Crippen molar-refractivity contribution in [3.8, 4) is 0 Å². The van der Waals surface area contributed by atoms with E-state index >= 15 is 0 Å². The van der Waals surface area contributed by atoms with E-state index in [0.29, 0.717) is 33.0 Å². The van der Waals surface area contributed by atoms with Gasteiger partial charge in [0.05, 0.1) is 12.2 Å². The van der Waals surface area contributed by atoms with Gasteiger partial charge >= 0.3 is 0 Å². The molecule has 0 fully saturated rings. The highest BCUT2D eigenvalue weighted by atomic mass is 35.5. The van der Waals surface area contributed by atoms with Crippen LogP contribution >= 0.6 is 11.6 Å². The monoisotopic (exact) mass is 442 g/mol. The van der Waals surface area contributed by atoms with Crippen molar-refractivity contribution in [2.75, 3.05) is 4.90 Å². The van der Waals surface area contributed by atoms with Crippen molar-refractivity contribution in [1.29, 1.82) is 0 Å². The molecule has 3 aromatic rings. The molecule has 1 atom stereocenters. The molecule has 0 aliphatic carbocycles. The number of hydrogen-bond donors (Lipinski definition) is 0. The Bertz CT molecular complexity index is 1320. The van der Waals surface area contributed by atoms with Gasteiger partial charge in [0, 0.05) is 28.6 Å². The molecule has 1 unspecified atom stereocenters. The molecule has 158 valence electrons. The highest BCUT2D eigenvalue weighted by Gasteiger charge is 2.61. The summed E-state index contributed by atoms with van der Waals surface area (Å²) in [6, 6.07) is 21.4. The summed E-state index contributed by atoms with van der Waals surface area (Å²) in [5.74, 6) is -1.27. The SMILES string of the molecule is C=C1c2ccccc2N(C(C)=O)C12C(=O)N(Cc1ccccc1)C(=O)c1ccc(Cl)cc12. The van der Waals surface area contributed by atoms with Gasteiger partial charge in [-0.05, 0) is 35.4 Å². The lowest BCUT2D eigenvalue weighted by atomic mass is 9.75. The molecule has 0 bridgehead atoms. The zero-order valence-corrected chi connectivity index (χ0v) is 18.1. The van der Waals surface area contributed by atoms with Gasteiger partial charge in [-0.2, -0.15) is 0 Å². The molecule has 32 heavy (non-hydrogen) atoms. The molecule has 0 aromatic heterocycles. The van der Waals surface area contributed by atoms with Crippen molar-refractivity contribution in [3.05, 3.63) is 107 Å². The number of rotatable bonds is 2. The molecule has 6 heteroatoms. The first-order valence-electron chi connectivity index (χ1n) is 10.2. The number of imide groups is 1. The number of fused-ring (bicyclic) bond motifs is 3. The number of carbonyl (C=O) groups is 3. The Balaban J connectivity index is 1.80. The highest BCUT2D eigenvalue weighted by Crippen LogP contribution is 2.55. The predicted octanol–water partition coefficient (Wildman–Crippen LogP) is 4.80. The van der Waals surface area contributed by atoms with E-state index in [9.17, 15) is 14.4 Å². The molecule has 2 heterocycles.